The first-order valence-electron chi connectivity index (χ1n) is 12.4. The van der Waals surface area contributed by atoms with Gasteiger partial charge in [-0.15, -0.1) is 11.3 Å². The maximum absolute atomic E-state index is 13.3. The van der Waals surface area contributed by atoms with Gasteiger partial charge in [-0.2, -0.15) is 0 Å². The lowest BCUT2D eigenvalue weighted by molar-refractivity contribution is -0.121. The van der Waals surface area contributed by atoms with Crippen LogP contribution in [0.3, 0.4) is 0 Å². The molecule has 188 valence electrons. The van der Waals surface area contributed by atoms with Crippen LogP contribution in [0.4, 0.5) is 0 Å². The SMILES string of the molecule is COc1ccc2[nH]c(C)c(CC(=O)N[C@@H](CCCCCC(C)=O)c3nc(-c4ccccc4)cs3)c2c1. The van der Waals surface area contributed by atoms with E-state index < -0.39 is 0 Å². The molecular weight excluding hydrogens is 470 g/mol. The molecule has 0 spiro atoms. The molecule has 2 aromatic heterocycles. The second-order valence-corrected chi connectivity index (χ2v) is 10.1. The lowest BCUT2D eigenvalue weighted by Crippen LogP contribution is -2.30. The zero-order valence-electron chi connectivity index (χ0n) is 21.1. The first-order chi connectivity index (χ1) is 17.4. The average molecular weight is 504 g/mol. The zero-order chi connectivity index (χ0) is 25.5. The molecule has 1 atom stereocenters. The number of ketones is 1. The molecule has 0 unspecified atom stereocenters. The summed E-state index contributed by atoms with van der Waals surface area (Å²) in [4.78, 5) is 32.8. The number of nitrogens with one attached hydrogen (secondary N) is 2. The molecule has 0 bridgehead atoms. The summed E-state index contributed by atoms with van der Waals surface area (Å²) in [6, 6.07) is 15.8. The topological polar surface area (TPSA) is 84.1 Å². The number of unbranched alkanes of at least 4 members (excludes halogenated alkanes) is 2. The lowest BCUT2D eigenvalue weighted by atomic mass is 10.0. The Morgan fingerprint density at radius 2 is 1.92 bits per heavy atom. The van der Waals surface area contributed by atoms with E-state index in [0.29, 0.717) is 6.42 Å². The molecule has 2 N–H and O–H groups in total. The first-order valence-corrected chi connectivity index (χ1v) is 13.3. The fourth-order valence-electron chi connectivity index (χ4n) is 4.47. The molecule has 7 heteroatoms. The van der Waals surface area contributed by atoms with Gasteiger partial charge in [0.05, 0.1) is 25.3 Å². The number of nitrogens with zero attached hydrogens (tertiary/aromatic N) is 1. The number of carbonyl (C=O) groups is 2. The number of H-pyrrole nitrogens is 1. The summed E-state index contributed by atoms with van der Waals surface area (Å²) < 4.78 is 5.39. The lowest BCUT2D eigenvalue weighted by Gasteiger charge is -2.17. The van der Waals surface area contributed by atoms with Crippen molar-refractivity contribution in [2.75, 3.05) is 7.11 Å². The maximum Gasteiger partial charge on any atom is 0.225 e. The van der Waals surface area contributed by atoms with Crippen molar-refractivity contribution < 1.29 is 14.3 Å². The van der Waals surface area contributed by atoms with Crippen LogP contribution in [0.5, 0.6) is 5.75 Å². The molecule has 2 heterocycles. The van der Waals surface area contributed by atoms with Crippen LogP contribution in [0.2, 0.25) is 0 Å². The number of thiazole rings is 1. The Morgan fingerprint density at radius 3 is 2.67 bits per heavy atom. The largest absolute Gasteiger partial charge is 0.497 e. The highest BCUT2D eigenvalue weighted by Crippen LogP contribution is 2.30. The van der Waals surface area contributed by atoms with Gasteiger partial charge in [0, 0.05) is 34.0 Å². The molecular formula is C29H33N3O3S. The van der Waals surface area contributed by atoms with Gasteiger partial charge in [0.1, 0.15) is 16.5 Å². The van der Waals surface area contributed by atoms with Crippen molar-refractivity contribution in [2.45, 2.75) is 58.4 Å². The van der Waals surface area contributed by atoms with E-state index in [9.17, 15) is 9.59 Å². The fraction of sp³-hybridized carbons (Fsp3) is 0.345. The van der Waals surface area contributed by atoms with E-state index in [2.05, 4.69) is 15.7 Å². The van der Waals surface area contributed by atoms with Gasteiger partial charge in [0.25, 0.3) is 0 Å². The molecule has 0 saturated heterocycles. The second kappa shape index (κ2) is 12.0. The highest BCUT2D eigenvalue weighted by molar-refractivity contribution is 7.10. The minimum atomic E-state index is -0.169. The summed E-state index contributed by atoms with van der Waals surface area (Å²) in [5.74, 6) is 0.952. The van der Waals surface area contributed by atoms with Gasteiger partial charge < -0.3 is 19.8 Å². The van der Waals surface area contributed by atoms with E-state index in [1.807, 2.05) is 55.5 Å². The highest BCUT2D eigenvalue weighted by atomic mass is 32.1. The number of carbonyl (C=O) groups excluding carboxylic acids is 2. The normalized spacial score (nSPS) is 12.0. The van der Waals surface area contributed by atoms with E-state index in [4.69, 9.17) is 9.72 Å². The molecule has 4 aromatic rings. The van der Waals surface area contributed by atoms with Gasteiger partial charge in [0.2, 0.25) is 5.91 Å². The number of aromatic nitrogens is 2. The van der Waals surface area contributed by atoms with Crippen LogP contribution in [0.15, 0.2) is 53.9 Å². The van der Waals surface area contributed by atoms with Crippen molar-refractivity contribution in [3.63, 3.8) is 0 Å². The third-order valence-electron chi connectivity index (χ3n) is 6.41. The molecule has 4 rings (SSSR count). The predicted octanol–water partition coefficient (Wildman–Crippen LogP) is 6.55. The van der Waals surface area contributed by atoms with E-state index in [0.717, 1.165) is 69.9 Å². The van der Waals surface area contributed by atoms with E-state index >= 15 is 0 Å². The Labute approximate surface area is 216 Å². The van der Waals surface area contributed by atoms with E-state index in [-0.39, 0.29) is 24.2 Å². The zero-order valence-corrected chi connectivity index (χ0v) is 21.9. The average Bonchev–Trinajstić information content (AvgIpc) is 3.48. The fourth-order valence-corrected chi connectivity index (χ4v) is 5.38. The van der Waals surface area contributed by atoms with Crippen LogP contribution < -0.4 is 10.1 Å². The minimum absolute atomic E-state index is 0.0352. The van der Waals surface area contributed by atoms with Crippen LogP contribution in [-0.4, -0.2) is 28.8 Å². The van der Waals surface area contributed by atoms with Crippen molar-refractivity contribution in [3.05, 3.63) is 70.2 Å². The molecule has 0 saturated carbocycles. The van der Waals surface area contributed by atoms with Gasteiger partial charge in [-0.3, -0.25) is 4.79 Å². The summed E-state index contributed by atoms with van der Waals surface area (Å²) in [6.07, 6.45) is 4.41. The molecule has 0 aliphatic rings. The van der Waals surface area contributed by atoms with Crippen molar-refractivity contribution in [1.29, 1.82) is 0 Å². The summed E-state index contributed by atoms with van der Waals surface area (Å²) in [5.41, 5.74) is 4.94. The third-order valence-corrected chi connectivity index (χ3v) is 7.37. The van der Waals surface area contributed by atoms with E-state index in [1.54, 1.807) is 25.4 Å². The van der Waals surface area contributed by atoms with Crippen LogP contribution in [0, 0.1) is 6.92 Å². The molecule has 6 nitrogen and oxygen atoms in total. The number of aryl methyl sites for hydroxylation is 1. The molecule has 0 aliphatic heterocycles. The molecule has 2 aromatic carbocycles. The van der Waals surface area contributed by atoms with Crippen LogP contribution in [-0.2, 0) is 16.0 Å². The number of methoxy groups -OCH3 is 1. The number of rotatable bonds is 12. The number of fused-ring (bicyclic) bond motifs is 1. The number of ether oxygens (including phenoxy) is 1. The van der Waals surface area contributed by atoms with Crippen molar-refractivity contribution in [3.8, 4) is 17.0 Å². The maximum atomic E-state index is 13.3. The number of amides is 1. The van der Waals surface area contributed by atoms with E-state index in [1.165, 1.54) is 0 Å². The first kappa shape index (κ1) is 25.6. The van der Waals surface area contributed by atoms with Gasteiger partial charge >= 0.3 is 0 Å². The number of benzene rings is 2. The highest BCUT2D eigenvalue weighted by Gasteiger charge is 2.21. The Morgan fingerprint density at radius 1 is 1.11 bits per heavy atom. The van der Waals surface area contributed by atoms with Gasteiger partial charge in [-0.25, -0.2) is 4.98 Å². The van der Waals surface area contributed by atoms with Crippen LogP contribution in [0.25, 0.3) is 22.2 Å². The molecule has 0 fully saturated rings. The van der Waals surface area contributed by atoms with Crippen molar-refractivity contribution in [1.82, 2.24) is 15.3 Å². The summed E-state index contributed by atoms with van der Waals surface area (Å²) >= 11 is 1.58. The predicted molar refractivity (Wildman–Crippen MR) is 145 cm³/mol. The third kappa shape index (κ3) is 6.40. The number of hydrogen-bond acceptors (Lipinski definition) is 5. The molecule has 36 heavy (non-hydrogen) atoms. The smallest absolute Gasteiger partial charge is 0.225 e. The Hall–Kier alpha value is -3.45. The molecule has 0 aliphatic carbocycles. The standard InChI is InChI=1S/C29H33N3O3S/c1-19(33)10-6-4-9-13-26(29-32-27(18-36-29)21-11-7-5-8-12-21)31-28(34)17-23-20(2)30-25-15-14-22(35-3)16-24(23)25/h5,7-8,11-12,14-16,18,26,30H,4,6,9-10,13,17H2,1-3H3,(H,31,34)/t26-/m0/s1. The summed E-state index contributed by atoms with van der Waals surface area (Å²) in [5, 5.41) is 7.22. The van der Waals surface area contributed by atoms with Crippen molar-refractivity contribution >= 4 is 33.9 Å². The summed E-state index contributed by atoms with van der Waals surface area (Å²) in [7, 11) is 1.64. The number of hydrogen-bond donors (Lipinski definition) is 2. The Bertz CT molecular complexity index is 1330. The number of Topliss-reactive ketones (excluding diaryl/α,β-unsaturated/α-hetero) is 1. The second-order valence-electron chi connectivity index (χ2n) is 9.18. The van der Waals surface area contributed by atoms with Gasteiger partial charge in [-0.05, 0) is 50.5 Å². The van der Waals surface area contributed by atoms with Crippen LogP contribution in [0.1, 0.15) is 61.3 Å². The van der Waals surface area contributed by atoms with Crippen molar-refractivity contribution in [2.24, 2.45) is 0 Å². The Kier molecular flexibility index (Phi) is 8.54. The Balaban J connectivity index is 1.50. The van der Waals surface area contributed by atoms with Gasteiger partial charge in [0.15, 0.2) is 0 Å². The van der Waals surface area contributed by atoms with Crippen LogP contribution >= 0.6 is 11.3 Å². The summed E-state index contributed by atoms with van der Waals surface area (Å²) in [6.45, 7) is 3.63. The van der Waals surface area contributed by atoms with Gasteiger partial charge in [-0.1, -0.05) is 43.2 Å². The minimum Gasteiger partial charge on any atom is -0.497 e. The molecule has 0 radical (unpaired) electrons. The number of aromatic amines is 1. The monoisotopic (exact) mass is 503 g/mol. The quantitative estimate of drug-likeness (QED) is 0.215. The molecule has 1 amide bonds.